The predicted octanol–water partition coefficient (Wildman–Crippen LogP) is 1.30. The zero-order valence-electron chi connectivity index (χ0n) is 9.28. The van der Waals surface area contributed by atoms with Crippen LogP contribution in [0, 0.1) is 0 Å². The summed E-state index contributed by atoms with van der Waals surface area (Å²) in [6.07, 6.45) is 2.25. The molecular formula is C12H17N3O. The molecule has 1 amide bonds. The van der Waals surface area contributed by atoms with Crippen LogP contribution in [0.5, 0.6) is 0 Å². The number of carbonyl (C=O) groups excluding carboxylic acids is 1. The van der Waals surface area contributed by atoms with E-state index in [9.17, 15) is 4.79 Å². The SMILES string of the molecule is Nc1ccccc1NCC(=O)N1CCCC1. The van der Waals surface area contributed by atoms with E-state index in [1.54, 1.807) is 0 Å². The van der Waals surface area contributed by atoms with E-state index in [0.29, 0.717) is 12.2 Å². The molecule has 0 aromatic heterocycles. The van der Waals surface area contributed by atoms with Crippen molar-refractivity contribution in [1.82, 2.24) is 4.90 Å². The average molecular weight is 219 g/mol. The number of amides is 1. The molecular weight excluding hydrogens is 202 g/mol. The normalized spacial score (nSPS) is 15.1. The number of hydrogen-bond donors (Lipinski definition) is 2. The lowest BCUT2D eigenvalue weighted by Gasteiger charge is -2.16. The van der Waals surface area contributed by atoms with Crippen molar-refractivity contribution in [2.24, 2.45) is 0 Å². The molecule has 2 rings (SSSR count). The molecule has 4 heteroatoms. The van der Waals surface area contributed by atoms with Crippen LogP contribution in [0.4, 0.5) is 11.4 Å². The van der Waals surface area contributed by atoms with Gasteiger partial charge in [-0.05, 0) is 25.0 Å². The summed E-state index contributed by atoms with van der Waals surface area (Å²) in [6, 6.07) is 7.48. The van der Waals surface area contributed by atoms with Crippen molar-refractivity contribution < 1.29 is 4.79 Å². The molecule has 4 nitrogen and oxygen atoms in total. The molecule has 1 aromatic rings. The summed E-state index contributed by atoms with van der Waals surface area (Å²) in [6.45, 7) is 2.11. The molecule has 0 saturated carbocycles. The lowest BCUT2D eigenvalue weighted by Crippen LogP contribution is -2.33. The Morgan fingerprint density at radius 3 is 2.69 bits per heavy atom. The molecule has 16 heavy (non-hydrogen) atoms. The standard InChI is InChI=1S/C12H17N3O/c13-10-5-1-2-6-11(10)14-9-12(16)15-7-3-4-8-15/h1-2,5-6,14H,3-4,7-9,13H2. The molecule has 1 heterocycles. The van der Waals surface area contributed by atoms with E-state index < -0.39 is 0 Å². The van der Waals surface area contributed by atoms with E-state index in [4.69, 9.17) is 5.73 Å². The lowest BCUT2D eigenvalue weighted by atomic mass is 10.2. The van der Waals surface area contributed by atoms with E-state index in [0.717, 1.165) is 31.6 Å². The molecule has 3 N–H and O–H groups in total. The van der Waals surface area contributed by atoms with Crippen LogP contribution in [-0.2, 0) is 4.79 Å². The maximum Gasteiger partial charge on any atom is 0.241 e. The van der Waals surface area contributed by atoms with Crippen LogP contribution in [-0.4, -0.2) is 30.4 Å². The van der Waals surface area contributed by atoms with Crippen molar-refractivity contribution in [1.29, 1.82) is 0 Å². The first-order valence-corrected chi connectivity index (χ1v) is 5.63. The fourth-order valence-corrected chi connectivity index (χ4v) is 1.91. The number of nitrogen functional groups attached to an aromatic ring is 1. The number of nitrogens with one attached hydrogen (secondary N) is 1. The topological polar surface area (TPSA) is 58.4 Å². The first-order chi connectivity index (χ1) is 7.77. The minimum absolute atomic E-state index is 0.153. The van der Waals surface area contributed by atoms with Crippen LogP contribution in [0.2, 0.25) is 0 Å². The number of rotatable bonds is 3. The molecule has 0 spiro atoms. The number of carbonyl (C=O) groups is 1. The van der Waals surface area contributed by atoms with Gasteiger partial charge in [-0.1, -0.05) is 12.1 Å². The average Bonchev–Trinajstić information content (AvgIpc) is 2.81. The number of nitrogens with zero attached hydrogens (tertiary/aromatic N) is 1. The molecule has 0 radical (unpaired) electrons. The molecule has 0 aliphatic carbocycles. The second-order valence-corrected chi connectivity index (χ2v) is 4.03. The largest absolute Gasteiger partial charge is 0.397 e. The van der Waals surface area contributed by atoms with Gasteiger partial charge in [0.1, 0.15) is 0 Å². The maximum absolute atomic E-state index is 11.8. The van der Waals surface area contributed by atoms with E-state index in [1.165, 1.54) is 0 Å². The summed E-state index contributed by atoms with van der Waals surface area (Å²) in [5.41, 5.74) is 7.28. The minimum Gasteiger partial charge on any atom is -0.397 e. The van der Waals surface area contributed by atoms with E-state index >= 15 is 0 Å². The molecule has 0 bridgehead atoms. The van der Waals surface area contributed by atoms with Crippen molar-refractivity contribution in [3.63, 3.8) is 0 Å². The molecule has 1 aliphatic heterocycles. The third kappa shape index (κ3) is 2.45. The smallest absolute Gasteiger partial charge is 0.241 e. The number of para-hydroxylation sites is 2. The Kier molecular flexibility index (Phi) is 3.29. The van der Waals surface area contributed by atoms with Gasteiger partial charge < -0.3 is 16.0 Å². The molecule has 0 atom stereocenters. The first kappa shape index (κ1) is 10.8. The van der Waals surface area contributed by atoms with Gasteiger partial charge in [0.25, 0.3) is 0 Å². The first-order valence-electron chi connectivity index (χ1n) is 5.63. The van der Waals surface area contributed by atoms with E-state index in [-0.39, 0.29) is 5.91 Å². The Balaban J connectivity index is 1.87. The van der Waals surface area contributed by atoms with Crippen LogP contribution in [0.1, 0.15) is 12.8 Å². The maximum atomic E-state index is 11.8. The van der Waals surface area contributed by atoms with Gasteiger partial charge in [-0.2, -0.15) is 0 Å². The number of nitrogens with two attached hydrogens (primary N) is 1. The van der Waals surface area contributed by atoms with Crippen molar-refractivity contribution >= 4 is 17.3 Å². The second kappa shape index (κ2) is 4.88. The highest BCUT2D eigenvalue weighted by Gasteiger charge is 2.17. The minimum atomic E-state index is 0.153. The predicted molar refractivity (Wildman–Crippen MR) is 65.2 cm³/mol. The Labute approximate surface area is 95.4 Å². The van der Waals surface area contributed by atoms with Crippen LogP contribution in [0.3, 0.4) is 0 Å². The van der Waals surface area contributed by atoms with Crippen LogP contribution in [0.15, 0.2) is 24.3 Å². The zero-order valence-corrected chi connectivity index (χ0v) is 9.28. The number of likely N-dealkylation sites (tertiary alicyclic amines) is 1. The zero-order chi connectivity index (χ0) is 11.4. The van der Waals surface area contributed by atoms with Crippen molar-refractivity contribution in [2.45, 2.75) is 12.8 Å². The summed E-state index contributed by atoms with van der Waals surface area (Å²) in [5, 5.41) is 3.07. The van der Waals surface area contributed by atoms with Gasteiger partial charge in [-0.15, -0.1) is 0 Å². The highest BCUT2D eigenvalue weighted by Crippen LogP contribution is 2.16. The highest BCUT2D eigenvalue weighted by atomic mass is 16.2. The molecule has 0 unspecified atom stereocenters. The molecule has 1 fully saturated rings. The Hall–Kier alpha value is -1.71. The van der Waals surface area contributed by atoms with Crippen LogP contribution < -0.4 is 11.1 Å². The fraction of sp³-hybridized carbons (Fsp3) is 0.417. The van der Waals surface area contributed by atoms with Gasteiger partial charge in [-0.3, -0.25) is 4.79 Å². The number of anilines is 2. The quantitative estimate of drug-likeness (QED) is 0.753. The summed E-state index contributed by atoms with van der Waals surface area (Å²) in [4.78, 5) is 13.6. The Morgan fingerprint density at radius 1 is 1.31 bits per heavy atom. The van der Waals surface area contributed by atoms with Crippen molar-refractivity contribution in [3.8, 4) is 0 Å². The van der Waals surface area contributed by atoms with Crippen LogP contribution >= 0.6 is 0 Å². The Bertz CT molecular complexity index is 372. The summed E-state index contributed by atoms with van der Waals surface area (Å²) < 4.78 is 0. The van der Waals surface area contributed by atoms with Crippen molar-refractivity contribution in [3.05, 3.63) is 24.3 Å². The highest BCUT2D eigenvalue weighted by molar-refractivity contribution is 5.82. The van der Waals surface area contributed by atoms with E-state index in [2.05, 4.69) is 5.32 Å². The van der Waals surface area contributed by atoms with Gasteiger partial charge in [0.05, 0.1) is 17.9 Å². The number of benzene rings is 1. The van der Waals surface area contributed by atoms with Gasteiger partial charge in [0.15, 0.2) is 0 Å². The summed E-state index contributed by atoms with van der Waals surface area (Å²) in [7, 11) is 0. The fourth-order valence-electron chi connectivity index (χ4n) is 1.91. The molecule has 1 saturated heterocycles. The Morgan fingerprint density at radius 2 is 2.00 bits per heavy atom. The van der Waals surface area contributed by atoms with Gasteiger partial charge in [-0.25, -0.2) is 0 Å². The second-order valence-electron chi connectivity index (χ2n) is 4.03. The third-order valence-corrected chi connectivity index (χ3v) is 2.85. The molecule has 1 aromatic carbocycles. The lowest BCUT2D eigenvalue weighted by molar-refractivity contribution is -0.128. The summed E-state index contributed by atoms with van der Waals surface area (Å²) in [5.74, 6) is 0.153. The summed E-state index contributed by atoms with van der Waals surface area (Å²) >= 11 is 0. The van der Waals surface area contributed by atoms with Crippen molar-refractivity contribution in [2.75, 3.05) is 30.7 Å². The van der Waals surface area contributed by atoms with Gasteiger partial charge >= 0.3 is 0 Å². The van der Waals surface area contributed by atoms with Gasteiger partial charge in [0, 0.05) is 13.1 Å². The molecule has 86 valence electrons. The molecule has 1 aliphatic rings. The van der Waals surface area contributed by atoms with Gasteiger partial charge in [0.2, 0.25) is 5.91 Å². The van der Waals surface area contributed by atoms with Crippen LogP contribution in [0.25, 0.3) is 0 Å². The third-order valence-electron chi connectivity index (χ3n) is 2.85. The monoisotopic (exact) mass is 219 g/mol. The number of hydrogen-bond acceptors (Lipinski definition) is 3. The van der Waals surface area contributed by atoms with E-state index in [1.807, 2.05) is 29.2 Å².